The Balaban J connectivity index is 1.42. The van der Waals surface area contributed by atoms with E-state index in [1.165, 1.54) is 0 Å². The summed E-state index contributed by atoms with van der Waals surface area (Å²) in [4.78, 5) is 47.5. The summed E-state index contributed by atoms with van der Waals surface area (Å²) < 4.78 is 11.0. The first kappa shape index (κ1) is 30.8. The third-order valence-corrected chi connectivity index (χ3v) is 10.2. The lowest BCUT2D eigenvalue weighted by atomic mass is 9.61. The molecule has 244 valence electrons. The van der Waals surface area contributed by atoms with Gasteiger partial charge in [0, 0.05) is 34.8 Å². The highest BCUT2D eigenvalue weighted by atomic mass is 16.5. The van der Waals surface area contributed by atoms with Crippen LogP contribution >= 0.6 is 0 Å². The van der Waals surface area contributed by atoms with Gasteiger partial charge in [-0.25, -0.2) is 19.9 Å². The van der Waals surface area contributed by atoms with E-state index in [2.05, 4.69) is 24.3 Å². The van der Waals surface area contributed by atoms with E-state index in [1.54, 1.807) is 0 Å². The normalized spacial score (nSPS) is 18.5. The lowest BCUT2D eigenvalue weighted by Crippen LogP contribution is -2.40. The number of hydrogen-bond acceptors (Lipinski definition) is 8. The zero-order valence-corrected chi connectivity index (χ0v) is 27.6. The van der Waals surface area contributed by atoms with E-state index in [4.69, 9.17) is 29.4 Å². The van der Waals surface area contributed by atoms with Gasteiger partial charge >= 0.3 is 11.9 Å². The monoisotopic (exact) mass is 648 g/mol. The van der Waals surface area contributed by atoms with Gasteiger partial charge in [-0.15, -0.1) is 0 Å². The Morgan fingerprint density at radius 1 is 0.531 bits per heavy atom. The summed E-state index contributed by atoms with van der Waals surface area (Å²) in [6.45, 7) is 4.25. The minimum absolute atomic E-state index is 0.183. The van der Waals surface area contributed by atoms with Crippen LogP contribution in [-0.2, 0) is 29.9 Å². The smallest absolute Gasteiger partial charge is 0.305 e. The molecule has 6 aromatic rings. The van der Waals surface area contributed by atoms with Crippen LogP contribution in [0.2, 0.25) is 0 Å². The van der Waals surface area contributed by atoms with Crippen LogP contribution < -0.4 is 0 Å². The largest absolute Gasteiger partial charge is 0.466 e. The van der Waals surface area contributed by atoms with Crippen molar-refractivity contribution >= 4 is 34.0 Å². The second-order valence-corrected chi connectivity index (χ2v) is 12.9. The number of carbonyl (C=O) groups excluding carboxylic acids is 2. The van der Waals surface area contributed by atoms with Gasteiger partial charge < -0.3 is 9.47 Å². The molecule has 8 heteroatoms. The third-order valence-electron chi connectivity index (χ3n) is 10.2. The number of ether oxygens (including phenoxy) is 2. The summed E-state index contributed by atoms with van der Waals surface area (Å²) in [6, 6.07) is 32.4. The first-order valence-electron chi connectivity index (χ1n) is 17.0. The molecule has 0 amide bonds. The van der Waals surface area contributed by atoms with Gasteiger partial charge in [0.1, 0.15) is 0 Å². The highest BCUT2D eigenvalue weighted by molar-refractivity contribution is 5.87. The maximum absolute atomic E-state index is 13.2. The van der Waals surface area contributed by atoms with Gasteiger partial charge in [0.15, 0.2) is 0 Å². The minimum Gasteiger partial charge on any atom is -0.466 e. The molecule has 8 rings (SSSR count). The number of fused-ring (bicyclic) bond motifs is 8. The first-order chi connectivity index (χ1) is 24.0. The molecule has 2 aliphatic carbocycles. The average molecular weight is 649 g/mol. The first-order valence-corrected chi connectivity index (χ1v) is 17.0. The van der Waals surface area contributed by atoms with Gasteiger partial charge in [0.25, 0.3) is 0 Å². The number of aromatic nitrogens is 4. The second kappa shape index (κ2) is 12.2. The number of para-hydroxylation sites is 4. The molecule has 2 unspecified atom stereocenters. The van der Waals surface area contributed by atoms with Crippen molar-refractivity contribution in [1.29, 1.82) is 0 Å². The number of rotatable bonds is 10. The van der Waals surface area contributed by atoms with Crippen molar-refractivity contribution in [2.45, 2.75) is 56.8 Å². The average Bonchev–Trinajstić information content (AvgIpc) is 3.54. The van der Waals surface area contributed by atoms with Crippen LogP contribution in [0.15, 0.2) is 97.1 Å². The molecule has 0 saturated heterocycles. The lowest BCUT2D eigenvalue weighted by molar-refractivity contribution is -0.144. The standard InChI is InChI=1S/C41H36N4O4/c1-3-48-34(46)21-23-40(28-15-7-5-13-26(28)36-38(40)44-32-19-11-9-17-30(32)42-36)25-41(24-22-35(47)49-4-2)29-16-8-6-14-27(29)37-39(41)45-33-20-12-10-18-31(33)43-37/h5-20H,3-4,21-25H2,1-2H3. The predicted molar refractivity (Wildman–Crippen MR) is 188 cm³/mol. The van der Waals surface area contributed by atoms with E-state index in [0.29, 0.717) is 32.5 Å². The van der Waals surface area contributed by atoms with Crippen molar-refractivity contribution in [3.05, 3.63) is 120 Å². The Hall–Kier alpha value is -5.50. The summed E-state index contributed by atoms with van der Waals surface area (Å²) in [5.41, 5.74) is 9.00. The molecule has 8 nitrogen and oxygen atoms in total. The lowest BCUT2D eigenvalue weighted by Gasteiger charge is -2.41. The summed E-state index contributed by atoms with van der Waals surface area (Å²) in [7, 11) is 0. The van der Waals surface area contributed by atoms with E-state index in [0.717, 1.165) is 67.1 Å². The Labute approximate surface area is 284 Å². The van der Waals surface area contributed by atoms with Gasteiger partial charge in [-0.05, 0) is 68.5 Å². The number of esters is 2. The van der Waals surface area contributed by atoms with Crippen LogP contribution in [0.3, 0.4) is 0 Å². The Kier molecular flexibility index (Phi) is 7.66. The quantitative estimate of drug-likeness (QED) is 0.138. The Morgan fingerprint density at radius 3 is 1.31 bits per heavy atom. The Morgan fingerprint density at radius 2 is 0.898 bits per heavy atom. The van der Waals surface area contributed by atoms with E-state index in [-0.39, 0.29) is 24.8 Å². The molecular weight excluding hydrogens is 612 g/mol. The second-order valence-electron chi connectivity index (χ2n) is 12.9. The van der Waals surface area contributed by atoms with E-state index in [1.807, 2.05) is 86.6 Å². The van der Waals surface area contributed by atoms with Crippen LogP contribution in [0, 0.1) is 0 Å². The molecule has 0 saturated carbocycles. The summed E-state index contributed by atoms with van der Waals surface area (Å²) in [6.07, 6.45) is 1.71. The van der Waals surface area contributed by atoms with Crippen LogP contribution in [0.1, 0.15) is 68.5 Å². The van der Waals surface area contributed by atoms with Crippen LogP contribution in [0.25, 0.3) is 44.6 Å². The van der Waals surface area contributed by atoms with Gasteiger partial charge in [0.2, 0.25) is 0 Å². The third kappa shape index (κ3) is 4.96. The highest BCUT2D eigenvalue weighted by Gasteiger charge is 2.55. The van der Waals surface area contributed by atoms with Crippen LogP contribution in [0.5, 0.6) is 0 Å². The summed E-state index contributed by atoms with van der Waals surface area (Å²) >= 11 is 0. The molecule has 2 aromatic heterocycles. The molecule has 0 fully saturated rings. The van der Waals surface area contributed by atoms with Gasteiger partial charge in [-0.3, -0.25) is 9.59 Å². The van der Waals surface area contributed by atoms with E-state index in [9.17, 15) is 9.59 Å². The predicted octanol–water partition coefficient (Wildman–Crippen LogP) is 7.88. The van der Waals surface area contributed by atoms with Gasteiger partial charge in [-0.1, -0.05) is 72.8 Å². The van der Waals surface area contributed by atoms with Crippen molar-refractivity contribution < 1.29 is 19.1 Å². The zero-order chi connectivity index (χ0) is 33.6. The molecule has 0 radical (unpaired) electrons. The molecule has 49 heavy (non-hydrogen) atoms. The topological polar surface area (TPSA) is 104 Å². The zero-order valence-electron chi connectivity index (χ0n) is 27.6. The number of hydrogen-bond donors (Lipinski definition) is 0. The molecule has 0 N–H and O–H groups in total. The van der Waals surface area contributed by atoms with Gasteiger partial charge in [-0.2, -0.15) is 0 Å². The maximum Gasteiger partial charge on any atom is 0.305 e. The fraction of sp³-hybridized carbons (Fsp3) is 0.268. The number of benzene rings is 4. The Bertz CT molecular complexity index is 2110. The van der Waals surface area contributed by atoms with Crippen molar-refractivity contribution in [3.63, 3.8) is 0 Å². The van der Waals surface area contributed by atoms with E-state index >= 15 is 0 Å². The minimum atomic E-state index is -0.785. The van der Waals surface area contributed by atoms with Crippen molar-refractivity contribution in [1.82, 2.24) is 19.9 Å². The fourth-order valence-corrected chi connectivity index (χ4v) is 8.17. The molecular formula is C41H36N4O4. The highest BCUT2D eigenvalue weighted by Crippen LogP contribution is 2.61. The van der Waals surface area contributed by atoms with Crippen LogP contribution in [-0.4, -0.2) is 45.1 Å². The molecule has 0 aliphatic heterocycles. The molecule has 2 aliphatic rings. The number of nitrogens with zero attached hydrogens (tertiary/aromatic N) is 4. The molecule has 2 atom stereocenters. The van der Waals surface area contributed by atoms with E-state index < -0.39 is 10.8 Å². The number of carbonyl (C=O) groups is 2. The van der Waals surface area contributed by atoms with Crippen LogP contribution in [0.4, 0.5) is 0 Å². The van der Waals surface area contributed by atoms with Gasteiger partial charge in [0.05, 0.1) is 58.1 Å². The molecule has 4 aromatic carbocycles. The van der Waals surface area contributed by atoms with Crippen molar-refractivity contribution in [2.75, 3.05) is 13.2 Å². The van der Waals surface area contributed by atoms with Crippen molar-refractivity contribution in [3.8, 4) is 22.5 Å². The van der Waals surface area contributed by atoms with Crippen molar-refractivity contribution in [2.24, 2.45) is 0 Å². The molecule has 0 spiro atoms. The SMILES string of the molecule is CCOC(=O)CCC1(CC2(CCC(=O)OCC)c3ccccc3-c3nc4ccccc4nc32)c2ccccc2-c2nc3ccccc3nc21. The summed E-state index contributed by atoms with van der Waals surface area (Å²) in [5.74, 6) is -0.528. The molecule has 0 bridgehead atoms. The maximum atomic E-state index is 13.2. The molecule has 2 heterocycles. The summed E-state index contributed by atoms with van der Waals surface area (Å²) in [5, 5.41) is 0. The fourth-order valence-electron chi connectivity index (χ4n) is 8.17.